The molecule has 5 nitrogen and oxygen atoms in total. The molecule has 1 N–H and O–H groups in total. The monoisotopic (exact) mass is 428 g/mol. The van der Waals surface area contributed by atoms with Crippen LogP contribution in [0.5, 0.6) is 5.75 Å². The molecule has 0 spiro atoms. The molecule has 3 aromatic rings. The van der Waals surface area contributed by atoms with Gasteiger partial charge >= 0.3 is 0 Å². The lowest BCUT2D eigenvalue weighted by Gasteiger charge is -2.18. The quantitative estimate of drug-likeness (QED) is 0.574. The van der Waals surface area contributed by atoms with Crippen LogP contribution in [0.3, 0.4) is 0 Å². The molecule has 7 heteroatoms. The van der Waals surface area contributed by atoms with Gasteiger partial charge in [-0.05, 0) is 62.7 Å². The number of carbonyl (C=O) groups excluding carboxylic acids is 1. The smallest absolute Gasteiger partial charge is 0.255 e. The summed E-state index contributed by atoms with van der Waals surface area (Å²) in [5, 5.41) is 4.83. The Bertz CT molecular complexity index is 978. The SMILES string of the molecule is CC(C)(C)S(=O)Cc1cccc(NC(=O)c2ccc(OCc3cscn3)cc2)c1. The number of nitrogens with one attached hydrogen (secondary N) is 1. The van der Waals surface area contributed by atoms with E-state index in [1.165, 1.54) is 11.3 Å². The Hall–Kier alpha value is -2.51. The molecule has 3 rings (SSSR count). The third-order valence-corrected chi connectivity index (χ3v) is 6.75. The molecule has 0 saturated carbocycles. The van der Waals surface area contributed by atoms with Gasteiger partial charge in [0.05, 0.1) is 11.2 Å². The fourth-order valence-corrected chi connectivity index (χ4v) is 3.94. The number of carbonyl (C=O) groups is 1. The highest BCUT2D eigenvalue weighted by molar-refractivity contribution is 7.85. The minimum absolute atomic E-state index is 0.204. The Labute approximate surface area is 177 Å². The molecule has 1 heterocycles. The van der Waals surface area contributed by atoms with Gasteiger partial charge in [-0.1, -0.05) is 12.1 Å². The second kappa shape index (κ2) is 9.33. The summed E-state index contributed by atoms with van der Waals surface area (Å²) >= 11 is 1.53. The molecule has 152 valence electrons. The van der Waals surface area contributed by atoms with Gasteiger partial charge in [0.2, 0.25) is 0 Å². The van der Waals surface area contributed by atoms with Crippen molar-refractivity contribution in [2.45, 2.75) is 37.9 Å². The average molecular weight is 429 g/mol. The van der Waals surface area contributed by atoms with Crippen LogP contribution in [0.1, 0.15) is 42.4 Å². The molecule has 1 aromatic heterocycles. The highest BCUT2D eigenvalue weighted by Crippen LogP contribution is 2.20. The van der Waals surface area contributed by atoms with Gasteiger partial charge in [-0.2, -0.15) is 0 Å². The number of hydrogen-bond acceptors (Lipinski definition) is 5. The first kappa shape index (κ1) is 21.2. The lowest BCUT2D eigenvalue weighted by molar-refractivity contribution is 0.102. The number of amides is 1. The third kappa shape index (κ3) is 6.24. The van der Waals surface area contributed by atoms with Crippen molar-refractivity contribution in [1.29, 1.82) is 0 Å². The van der Waals surface area contributed by atoms with Crippen molar-refractivity contribution in [3.63, 3.8) is 0 Å². The van der Waals surface area contributed by atoms with E-state index < -0.39 is 10.8 Å². The van der Waals surface area contributed by atoms with Crippen molar-refractivity contribution in [3.8, 4) is 5.75 Å². The van der Waals surface area contributed by atoms with Gasteiger partial charge in [0.25, 0.3) is 5.91 Å². The number of hydrogen-bond donors (Lipinski definition) is 1. The maximum atomic E-state index is 12.5. The van der Waals surface area contributed by atoms with E-state index in [0.29, 0.717) is 29.4 Å². The second-order valence-corrected chi connectivity index (χ2v) is 10.5. The van der Waals surface area contributed by atoms with E-state index >= 15 is 0 Å². The van der Waals surface area contributed by atoms with Crippen LogP contribution >= 0.6 is 11.3 Å². The first-order valence-corrected chi connectivity index (χ1v) is 11.5. The molecule has 0 aliphatic carbocycles. The van der Waals surface area contributed by atoms with E-state index in [9.17, 15) is 9.00 Å². The predicted octanol–water partition coefficient (Wildman–Crippen LogP) is 5.02. The fraction of sp³-hybridized carbons (Fsp3) is 0.273. The molecule has 1 unspecified atom stereocenters. The zero-order valence-electron chi connectivity index (χ0n) is 16.7. The fourth-order valence-electron chi connectivity index (χ4n) is 2.48. The summed E-state index contributed by atoms with van der Waals surface area (Å²) < 4.78 is 17.7. The molecule has 29 heavy (non-hydrogen) atoms. The topological polar surface area (TPSA) is 68.3 Å². The van der Waals surface area contributed by atoms with Gasteiger partial charge in [-0.15, -0.1) is 11.3 Å². The number of benzene rings is 2. The Morgan fingerprint density at radius 3 is 2.59 bits per heavy atom. The summed E-state index contributed by atoms with van der Waals surface area (Å²) in [7, 11) is -0.992. The third-order valence-electron chi connectivity index (χ3n) is 4.15. The number of ether oxygens (including phenoxy) is 1. The number of thiazole rings is 1. The van der Waals surface area contributed by atoms with Gasteiger partial charge in [0.15, 0.2) is 0 Å². The summed E-state index contributed by atoms with van der Waals surface area (Å²) in [6.45, 7) is 6.27. The van der Waals surface area contributed by atoms with Crippen LogP contribution in [0.15, 0.2) is 59.4 Å². The van der Waals surface area contributed by atoms with Crippen LogP contribution in [0, 0.1) is 0 Å². The summed E-state index contributed by atoms with van der Waals surface area (Å²) in [5.41, 5.74) is 4.80. The van der Waals surface area contributed by atoms with Gasteiger partial charge in [0, 0.05) is 37.9 Å². The summed E-state index contributed by atoms with van der Waals surface area (Å²) in [6, 6.07) is 14.5. The molecular formula is C22H24N2O3S2. The van der Waals surface area contributed by atoms with E-state index in [2.05, 4.69) is 10.3 Å². The largest absolute Gasteiger partial charge is 0.487 e. The minimum Gasteiger partial charge on any atom is -0.487 e. The first-order valence-electron chi connectivity index (χ1n) is 9.20. The van der Waals surface area contributed by atoms with Gasteiger partial charge in [-0.3, -0.25) is 9.00 Å². The van der Waals surface area contributed by atoms with E-state index in [0.717, 1.165) is 11.3 Å². The van der Waals surface area contributed by atoms with Crippen LogP contribution in [0.4, 0.5) is 5.69 Å². The Morgan fingerprint density at radius 1 is 1.17 bits per heavy atom. The van der Waals surface area contributed by atoms with E-state index in [-0.39, 0.29) is 10.7 Å². The normalized spacial score (nSPS) is 12.4. The van der Waals surface area contributed by atoms with Gasteiger partial charge < -0.3 is 10.1 Å². The molecule has 1 atom stereocenters. The second-order valence-electron chi connectivity index (χ2n) is 7.55. The van der Waals surface area contributed by atoms with Crippen LogP contribution in [-0.2, 0) is 23.2 Å². The molecule has 2 aromatic carbocycles. The van der Waals surface area contributed by atoms with Crippen molar-refractivity contribution in [3.05, 3.63) is 76.2 Å². The lowest BCUT2D eigenvalue weighted by Crippen LogP contribution is -2.23. The lowest BCUT2D eigenvalue weighted by atomic mass is 10.2. The van der Waals surface area contributed by atoms with Crippen molar-refractivity contribution < 1.29 is 13.7 Å². The van der Waals surface area contributed by atoms with Crippen molar-refractivity contribution >= 4 is 33.7 Å². The molecule has 0 radical (unpaired) electrons. The highest BCUT2D eigenvalue weighted by atomic mass is 32.2. The minimum atomic E-state index is -0.992. The Balaban J connectivity index is 1.59. The Kier molecular flexibility index (Phi) is 6.82. The number of rotatable bonds is 7. The van der Waals surface area contributed by atoms with Crippen molar-refractivity contribution in [2.24, 2.45) is 0 Å². The zero-order valence-corrected chi connectivity index (χ0v) is 18.3. The Morgan fingerprint density at radius 2 is 1.93 bits per heavy atom. The number of aromatic nitrogens is 1. The van der Waals surface area contributed by atoms with E-state index in [4.69, 9.17) is 4.74 Å². The molecule has 0 bridgehead atoms. The first-order chi connectivity index (χ1) is 13.8. The van der Waals surface area contributed by atoms with E-state index in [1.54, 1.807) is 29.8 Å². The maximum Gasteiger partial charge on any atom is 0.255 e. The number of nitrogens with zero attached hydrogens (tertiary/aromatic N) is 1. The summed E-state index contributed by atoms with van der Waals surface area (Å²) in [4.78, 5) is 16.7. The van der Waals surface area contributed by atoms with E-state index in [1.807, 2.05) is 50.4 Å². The predicted molar refractivity (Wildman–Crippen MR) is 119 cm³/mol. The average Bonchev–Trinajstić information content (AvgIpc) is 3.20. The molecular weight excluding hydrogens is 404 g/mol. The molecule has 0 fully saturated rings. The van der Waals surface area contributed by atoms with Crippen molar-refractivity contribution in [2.75, 3.05) is 5.32 Å². The zero-order chi connectivity index (χ0) is 20.9. The number of anilines is 1. The molecule has 0 aliphatic rings. The maximum absolute atomic E-state index is 12.5. The highest BCUT2D eigenvalue weighted by Gasteiger charge is 2.19. The van der Waals surface area contributed by atoms with Crippen molar-refractivity contribution in [1.82, 2.24) is 4.98 Å². The van der Waals surface area contributed by atoms with Gasteiger partial charge in [-0.25, -0.2) is 4.98 Å². The van der Waals surface area contributed by atoms with Crippen LogP contribution in [-0.4, -0.2) is 19.8 Å². The standard InChI is InChI=1S/C22H24N2O3S2/c1-22(2,3)29(26)14-16-5-4-6-18(11-16)24-21(25)17-7-9-20(10-8-17)27-12-19-13-28-15-23-19/h4-11,13,15H,12,14H2,1-3H3,(H,24,25). The summed E-state index contributed by atoms with van der Waals surface area (Å²) in [6.07, 6.45) is 0. The summed E-state index contributed by atoms with van der Waals surface area (Å²) in [5.74, 6) is 0.935. The molecule has 1 amide bonds. The molecule has 0 aliphatic heterocycles. The van der Waals surface area contributed by atoms with Crippen LogP contribution < -0.4 is 10.1 Å². The van der Waals surface area contributed by atoms with Crippen LogP contribution in [0.25, 0.3) is 0 Å². The van der Waals surface area contributed by atoms with Gasteiger partial charge in [0.1, 0.15) is 12.4 Å². The molecule has 0 saturated heterocycles. The van der Waals surface area contributed by atoms with Crippen LogP contribution in [0.2, 0.25) is 0 Å².